The van der Waals surface area contributed by atoms with Crippen LogP contribution in [0.3, 0.4) is 0 Å². The molecule has 3 atom stereocenters. The zero-order chi connectivity index (χ0) is 15.1. The number of ether oxygens (including phenoxy) is 2. The molecule has 6 nitrogen and oxygen atoms in total. The van der Waals surface area contributed by atoms with Gasteiger partial charge in [-0.05, 0) is 52.5 Å². The molecular formula is C14H24N2O4. The molecule has 20 heavy (non-hydrogen) atoms. The van der Waals surface area contributed by atoms with Crippen LogP contribution >= 0.6 is 0 Å². The SMILES string of the molecule is COC(=O)C12CCC(C(CN)C1)N2C(=O)OC(C)(C)C. The molecule has 2 fully saturated rings. The smallest absolute Gasteiger partial charge is 0.411 e. The van der Waals surface area contributed by atoms with E-state index in [1.165, 1.54) is 7.11 Å². The summed E-state index contributed by atoms with van der Waals surface area (Å²) in [6.07, 6.45) is 1.53. The molecule has 0 aromatic rings. The summed E-state index contributed by atoms with van der Waals surface area (Å²) in [4.78, 5) is 26.3. The van der Waals surface area contributed by atoms with Crippen molar-refractivity contribution in [2.75, 3.05) is 13.7 Å². The molecule has 0 aromatic heterocycles. The second kappa shape index (κ2) is 4.91. The Bertz CT molecular complexity index is 418. The van der Waals surface area contributed by atoms with E-state index in [1.54, 1.807) is 4.90 Å². The Morgan fingerprint density at radius 1 is 1.40 bits per heavy atom. The average Bonchev–Trinajstić information content (AvgIpc) is 2.89. The van der Waals surface area contributed by atoms with Crippen molar-refractivity contribution >= 4 is 12.1 Å². The van der Waals surface area contributed by atoms with Gasteiger partial charge in [0.2, 0.25) is 0 Å². The summed E-state index contributed by atoms with van der Waals surface area (Å²) in [5, 5.41) is 0. The third-order valence-electron chi connectivity index (χ3n) is 4.25. The highest BCUT2D eigenvalue weighted by molar-refractivity contribution is 5.88. The van der Waals surface area contributed by atoms with Gasteiger partial charge in [0.1, 0.15) is 11.1 Å². The van der Waals surface area contributed by atoms with Crippen molar-refractivity contribution in [1.29, 1.82) is 0 Å². The van der Waals surface area contributed by atoms with Crippen molar-refractivity contribution in [2.45, 2.75) is 57.2 Å². The van der Waals surface area contributed by atoms with Crippen LogP contribution in [0.25, 0.3) is 0 Å². The Balaban J connectivity index is 2.30. The summed E-state index contributed by atoms with van der Waals surface area (Å²) in [6, 6.07) is -0.0195. The van der Waals surface area contributed by atoms with Crippen molar-refractivity contribution < 1.29 is 19.1 Å². The van der Waals surface area contributed by atoms with Gasteiger partial charge in [-0.1, -0.05) is 0 Å². The maximum Gasteiger partial charge on any atom is 0.411 e. The molecule has 2 rings (SSSR count). The first-order valence-corrected chi connectivity index (χ1v) is 7.06. The summed E-state index contributed by atoms with van der Waals surface area (Å²) in [5.74, 6) is -0.225. The number of amides is 1. The molecule has 3 unspecified atom stereocenters. The first-order valence-electron chi connectivity index (χ1n) is 7.06. The van der Waals surface area contributed by atoms with Gasteiger partial charge in [-0.25, -0.2) is 9.59 Å². The summed E-state index contributed by atoms with van der Waals surface area (Å²) < 4.78 is 10.4. The molecule has 1 amide bonds. The predicted octanol–water partition coefficient (Wildman–Crippen LogP) is 1.28. The minimum absolute atomic E-state index is 0.0195. The number of nitrogens with zero attached hydrogens (tertiary/aromatic N) is 1. The number of carbonyl (C=O) groups is 2. The number of hydrogen-bond donors (Lipinski definition) is 1. The van der Waals surface area contributed by atoms with E-state index < -0.39 is 17.2 Å². The third kappa shape index (κ3) is 2.26. The monoisotopic (exact) mass is 284 g/mol. The molecule has 0 aliphatic carbocycles. The van der Waals surface area contributed by atoms with Gasteiger partial charge >= 0.3 is 12.1 Å². The van der Waals surface area contributed by atoms with Gasteiger partial charge in [0.05, 0.1) is 7.11 Å². The molecular weight excluding hydrogens is 260 g/mol. The average molecular weight is 284 g/mol. The third-order valence-corrected chi connectivity index (χ3v) is 4.25. The van der Waals surface area contributed by atoms with Crippen LogP contribution in [0, 0.1) is 5.92 Å². The topological polar surface area (TPSA) is 81.9 Å². The molecule has 2 heterocycles. The molecule has 2 aliphatic heterocycles. The lowest BCUT2D eigenvalue weighted by Gasteiger charge is -2.33. The number of nitrogens with two attached hydrogens (primary N) is 1. The van der Waals surface area contributed by atoms with Crippen molar-refractivity contribution in [2.24, 2.45) is 11.7 Å². The van der Waals surface area contributed by atoms with Crippen LogP contribution in [-0.4, -0.2) is 47.8 Å². The fourth-order valence-electron chi connectivity index (χ4n) is 3.51. The fraction of sp³-hybridized carbons (Fsp3) is 0.857. The quantitative estimate of drug-likeness (QED) is 0.772. The molecule has 0 aromatic carbocycles. The molecule has 2 N–H and O–H groups in total. The van der Waals surface area contributed by atoms with Crippen molar-refractivity contribution in [3.63, 3.8) is 0 Å². The normalized spacial score (nSPS) is 32.4. The predicted molar refractivity (Wildman–Crippen MR) is 73.0 cm³/mol. The van der Waals surface area contributed by atoms with Crippen LogP contribution in [0.4, 0.5) is 4.79 Å². The molecule has 6 heteroatoms. The number of methoxy groups -OCH3 is 1. The van der Waals surface area contributed by atoms with E-state index in [2.05, 4.69) is 0 Å². The number of fused-ring (bicyclic) bond motifs is 2. The summed E-state index contributed by atoms with van der Waals surface area (Å²) >= 11 is 0. The standard InChI is InChI=1S/C14H24N2O4/c1-13(2,3)20-12(18)16-10-5-6-14(16,11(17)19-4)7-9(10)8-15/h9-10H,5-8,15H2,1-4H3. The van der Waals surface area contributed by atoms with Crippen molar-refractivity contribution in [3.8, 4) is 0 Å². The van der Waals surface area contributed by atoms with E-state index in [0.717, 1.165) is 6.42 Å². The lowest BCUT2D eigenvalue weighted by molar-refractivity contribution is -0.152. The zero-order valence-corrected chi connectivity index (χ0v) is 12.6. The van der Waals surface area contributed by atoms with Crippen LogP contribution in [0.1, 0.15) is 40.0 Å². The van der Waals surface area contributed by atoms with E-state index in [0.29, 0.717) is 19.4 Å². The zero-order valence-electron chi connectivity index (χ0n) is 12.6. The fourth-order valence-corrected chi connectivity index (χ4v) is 3.51. The summed E-state index contributed by atoms with van der Waals surface area (Å²) in [7, 11) is 1.35. The lowest BCUT2D eigenvalue weighted by Crippen LogP contribution is -2.52. The van der Waals surface area contributed by atoms with E-state index in [-0.39, 0.29) is 17.9 Å². The Morgan fingerprint density at radius 3 is 2.55 bits per heavy atom. The van der Waals surface area contributed by atoms with Crippen LogP contribution in [0.2, 0.25) is 0 Å². The summed E-state index contributed by atoms with van der Waals surface area (Å²) in [6.45, 7) is 5.90. The maximum absolute atomic E-state index is 12.5. The Kier molecular flexibility index (Phi) is 3.71. The molecule has 0 saturated carbocycles. The highest BCUT2D eigenvalue weighted by atomic mass is 16.6. The number of carbonyl (C=O) groups excluding carboxylic acids is 2. The molecule has 0 spiro atoms. The lowest BCUT2D eigenvalue weighted by atomic mass is 9.81. The maximum atomic E-state index is 12.5. The van der Waals surface area contributed by atoms with E-state index in [9.17, 15) is 9.59 Å². The van der Waals surface area contributed by atoms with Gasteiger partial charge in [0.25, 0.3) is 0 Å². The minimum Gasteiger partial charge on any atom is -0.467 e. The van der Waals surface area contributed by atoms with Gasteiger partial charge < -0.3 is 15.2 Å². The molecule has 114 valence electrons. The van der Waals surface area contributed by atoms with Gasteiger partial charge in [-0.2, -0.15) is 0 Å². The summed E-state index contributed by atoms with van der Waals surface area (Å²) in [5.41, 5.74) is 4.31. The van der Waals surface area contributed by atoms with E-state index in [1.807, 2.05) is 20.8 Å². The Morgan fingerprint density at radius 2 is 2.05 bits per heavy atom. The number of rotatable bonds is 2. The Hall–Kier alpha value is -1.30. The molecule has 2 saturated heterocycles. The molecule has 0 radical (unpaired) electrons. The van der Waals surface area contributed by atoms with Crippen LogP contribution in [-0.2, 0) is 14.3 Å². The van der Waals surface area contributed by atoms with Crippen molar-refractivity contribution in [3.05, 3.63) is 0 Å². The van der Waals surface area contributed by atoms with Crippen LogP contribution < -0.4 is 5.73 Å². The van der Waals surface area contributed by atoms with Gasteiger partial charge in [-0.3, -0.25) is 4.90 Å². The highest BCUT2D eigenvalue weighted by Crippen LogP contribution is 2.50. The number of esters is 1. The Labute approximate surface area is 119 Å². The second-order valence-corrected chi connectivity index (χ2v) is 6.68. The van der Waals surface area contributed by atoms with Gasteiger partial charge in [-0.15, -0.1) is 0 Å². The number of hydrogen-bond acceptors (Lipinski definition) is 5. The van der Waals surface area contributed by atoms with E-state index >= 15 is 0 Å². The van der Waals surface area contributed by atoms with E-state index in [4.69, 9.17) is 15.2 Å². The first-order chi connectivity index (χ1) is 9.25. The minimum atomic E-state index is -0.883. The van der Waals surface area contributed by atoms with Crippen molar-refractivity contribution in [1.82, 2.24) is 4.90 Å². The molecule has 2 bridgehead atoms. The first kappa shape index (κ1) is 15.1. The van der Waals surface area contributed by atoms with Crippen LogP contribution in [0.15, 0.2) is 0 Å². The highest BCUT2D eigenvalue weighted by Gasteiger charge is 2.63. The van der Waals surface area contributed by atoms with Crippen LogP contribution in [0.5, 0.6) is 0 Å². The second-order valence-electron chi connectivity index (χ2n) is 6.68. The van der Waals surface area contributed by atoms with Gasteiger partial charge in [0.15, 0.2) is 0 Å². The largest absolute Gasteiger partial charge is 0.467 e. The molecule has 2 aliphatic rings. The van der Waals surface area contributed by atoms with Gasteiger partial charge in [0, 0.05) is 6.04 Å².